The first kappa shape index (κ1) is 11.0. The van der Waals surface area contributed by atoms with E-state index >= 15 is 0 Å². The van der Waals surface area contributed by atoms with Crippen LogP contribution in [0.4, 0.5) is 0 Å². The third-order valence-corrected chi connectivity index (χ3v) is 2.72. The van der Waals surface area contributed by atoms with Crippen molar-refractivity contribution in [3.63, 3.8) is 0 Å². The first-order valence-electron chi connectivity index (χ1n) is 5.02. The van der Waals surface area contributed by atoms with Crippen LogP contribution >= 0.6 is 0 Å². The molecule has 16 heavy (non-hydrogen) atoms. The summed E-state index contributed by atoms with van der Waals surface area (Å²) in [6.45, 7) is 0.860. The summed E-state index contributed by atoms with van der Waals surface area (Å²) in [7, 11) is 4.80. The highest BCUT2D eigenvalue weighted by Gasteiger charge is 2.34. The van der Waals surface area contributed by atoms with Crippen molar-refractivity contribution in [1.82, 2.24) is 5.01 Å². The van der Waals surface area contributed by atoms with E-state index in [-0.39, 0.29) is 6.04 Å². The third-order valence-electron chi connectivity index (χ3n) is 2.72. The average Bonchev–Trinajstić information content (AvgIpc) is 3.04. The summed E-state index contributed by atoms with van der Waals surface area (Å²) < 4.78 is 15.8. The zero-order valence-electron chi connectivity index (χ0n) is 9.69. The van der Waals surface area contributed by atoms with Crippen molar-refractivity contribution in [3.8, 4) is 17.2 Å². The van der Waals surface area contributed by atoms with Crippen LogP contribution in [-0.4, -0.2) is 32.9 Å². The molecule has 1 aliphatic heterocycles. The molecule has 1 saturated heterocycles. The SMILES string of the molecule is COc1cc(C2CN2N)cc(OC)c1OC. The van der Waals surface area contributed by atoms with Gasteiger partial charge in [-0.05, 0) is 17.7 Å². The Bertz CT molecular complexity index is 370. The monoisotopic (exact) mass is 224 g/mol. The number of rotatable bonds is 4. The topological polar surface area (TPSA) is 56.7 Å². The Morgan fingerprint density at radius 3 is 1.94 bits per heavy atom. The lowest BCUT2D eigenvalue weighted by Gasteiger charge is -2.13. The Kier molecular flexibility index (Phi) is 2.89. The second kappa shape index (κ2) is 4.19. The minimum atomic E-state index is 0.258. The number of hydrazine groups is 1. The summed E-state index contributed by atoms with van der Waals surface area (Å²) in [6.07, 6.45) is 0. The molecule has 5 nitrogen and oxygen atoms in total. The Morgan fingerprint density at radius 2 is 1.62 bits per heavy atom. The molecule has 2 N–H and O–H groups in total. The van der Waals surface area contributed by atoms with E-state index in [2.05, 4.69) is 0 Å². The largest absolute Gasteiger partial charge is 0.493 e. The van der Waals surface area contributed by atoms with E-state index in [9.17, 15) is 0 Å². The second-order valence-electron chi connectivity index (χ2n) is 3.67. The van der Waals surface area contributed by atoms with Crippen LogP contribution < -0.4 is 20.1 Å². The maximum atomic E-state index is 5.67. The molecule has 2 rings (SSSR count). The van der Waals surface area contributed by atoms with E-state index in [1.165, 1.54) is 0 Å². The fraction of sp³-hybridized carbons (Fsp3) is 0.455. The lowest BCUT2D eigenvalue weighted by Crippen LogP contribution is -2.06. The molecule has 0 bridgehead atoms. The number of benzene rings is 1. The normalized spacial score (nSPS) is 22.8. The Labute approximate surface area is 94.7 Å². The van der Waals surface area contributed by atoms with Crippen LogP contribution in [-0.2, 0) is 0 Å². The van der Waals surface area contributed by atoms with Gasteiger partial charge < -0.3 is 14.2 Å². The number of methoxy groups -OCH3 is 3. The van der Waals surface area contributed by atoms with Gasteiger partial charge in [-0.1, -0.05) is 0 Å². The summed E-state index contributed by atoms with van der Waals surface area (Å²) in [5.41, 5.74) is 1.08. The minimum absolute atomic E-state index is 0.258. The summed E-state index contributed by atoms with van der Waals surface area (Å²) in [4.78, 5) is 0. The van der Waals surface area contributed by atoms with Gasteiger partial charge in [-0.2, -0.15) is 0 Å². The van der Waals surface area contributed by atoms with Gasteiger partial charge >= 0.3 is 0 Å². The molecule has 88 valence electrons. The van der Waals surface area contributed by atoms with E-state index in [4.69, 9.17) is 20.1 Å². The average molecular weight is 224 g/mol. The molecule has 0 aliphatic carbocycles. The van der Waals surface area contributed by atoms with Crippen LogP contribution in [0.15, 0.2) is 12.1 Å². The summed E-state index contributed by atoms with van der Waals surface area (Å²) >= 11 is 0. The molecular formula is C11H16N2O3. The minimum Gasteiger partial charge on any atom is -0.493 e. The molecule has 2 unspecified atom stereocenters. The molecule has 1 fully saturated rings. The fourth-order valence-corrected chi connectivity index (χ4v) is 1.74. The molecule has 1 aromatic carbocycles. The third kappa shape index (κ3) is 1.79. The van der Waals surface area contributed by atoms with Gasteiger partial charge in [-0.3, -0.25) is 5.84 Å². The maximum Gasteiger partial charge on any atom is 0.203 e. The predicted molar refractivity (Wildman–Crippen MR) is 59.7 cm³/mol. The Balaban J connectivity index is 2.42. The van der Waals surface area contributed by atoms with E-state index in [0.29, 0.717) is 17.2 Å². The molecule has 0 saturated carbocycles. The summed E-state index contributed by atoms with van der Waals surface area (Å²) in [5.74, 6) is 7.61. The van der Waals surface area contributed by atoms with Gasteiger partial charge in [0.15, 0.2) is 11.5 Å². The summed E-state index contributed by atoms with van der Waals surface area (Å²) in [6, 6.07) is 4.12. The quantitative estimate of drug-likeness (QED) is 0.609. The standard InChI is InChI=1S/C11H16N2O3/c1-14-9-4-7(8-6-13(8)12)5-10(15-2)11(9)16-3/h4-5,8H,6,12H2,1-3H3. The van der Waals surface area contributed by atoms with Crippen molar-refractivity contribution in [2.75, 3.05) is 27.9 Å². The molecule has 1 aliphatic rings. The van der Waals surface area contributed by atoms with Crippen molar-refractivity contribution < 1.29 is 14.2 Å². The number of hydrogen-bond donors (Lipinski definition) is 1. The van der Waals surface area contributed by atoms with Gasteiger partial charge in [0.2, 0.25) is 5.75 Å². The Hall–Kier alpha value is -1.46. The van der Waals surface area contributed by atoms with Gasteiger partial charge in [0.25, 0.3) is 0 Å². The van der Waals surface area contributed by atoms with Crippen LogP contribution in [0.2, 0.25) is 0 Å². The lowest BCUT2D eigenvalue weighted by atomic mass is 10.1. The molecule has 0 amide bonds. The van der Waals surface area contributed by atoms with E-state index in [1.54, 1.807) is 26.3 Å². The van der Waals surface area contributed by atoms with Crippen LogP contribution in [0.25, 0.3) is 0 Å². The number of hydrogen-bond acceptors (Lipinski definition) is 5. The van der Waals surface area contributed by atoms with E-state index < -0.39 is 0 Å². The van der Waals surface area contributed by atoms with Gasteiger partial charge in [0.05, 0.1) is 27.4 Å². The van der Waals surface area contributed by atoms with Crippen LogP contribution in [0, 0.1) is 0 Å². The molecule has 1 aromatic rings. The van der Waals surface area contributed by atoms with E-state index in [1.807, 2.05) is 12.1 Å². The maximum absolute atomic E-state index is 5.67. The zero-order chi connectivity index (χ0) is 11.7. The fourth-order valence-electron chi connectivity index (χ4n) is 1.74. The molecular weight excluding hydrogens is 208 g/mol. The van der Waals surface area contributed by atoms with E-state index in [0.717, 1.165) is 12.1 Å². The molecule has 0 radical (unpaired) electrons. The highest BCUT2D eigenvalue weighted by atomic mass is 16.5. The van der Waals surface area contributed by atoms with Crippen LogP contribution in [0.3, 0.4) is 0 Å². The predicted octanol–water partition coefficient (Wildman–Crippen LogP) is 0.943. The van der Waals surface area contributed by atoms with Crippen molar-refractivity contribution >= 4 is 0 Å². The summed E-state index contributed by atoms with van der Waals surface area (Å²) in [5, 5.41) is 1.75. The van der Waals surface area contributed by atoms with Crippen LogP contribution in [0.5, 0.6) is 17.2 Å². The smallest absolute Gasteiger partial charge is 0.203 e. The van der Waals surface area contributed by atoms with Crippen molar-refractivity contribution in [2.45, 2.75) is 6.04 Å². The second-order valence-corrected chi connectivity index (χ2v) is 3.67. The molecule has 1 heterocycles. The number of nitrogens with two attached hydrogens (primary N) is 1. The Morgan fingerprint density at radius 1 is 1.12 bits per heavy atom. The van der Waals surface area contributed by atoms with Crippen molar-refractivity contribution in [1.29, 1.82) is 0 Å². The molecule has 0 spiro atoms. The van der Waals surface area contributed by atoms with Gasteiger partial charge in [-0.25, -0.2) is 5.01 Å². The van der Waals surface area contributed by atoms with Crippen molar-refractivity contribution in [3.05, 3.63) is 17.7 Å². The number of ether oxygens (including phenoxy) is 3. The van der Waals surface area contributed by atoms with Crippen LogP contribution in [0.1, 0.15) is 11.6 Å². The first-order valence-corrected chi connectivity index (χ1v) is 5.02. The zero-order valence-corrected chi connectivity index (χ0v) is 9.69. The highest BCUT2D eigenvalue weighted by molar-refractivity contribution is 5.54. The lowest BCUT2D eigenvalue weighted by molar-refractivity contribution is 0.323. The van der Waals surface area contributed by atoms with Gasteiger partial charge in [-0.15, -0.1) is 0 Å². The molecule has 0 aromatic heterocycles. The number of nitrogens with zero attached hydrogens (tertiary/aromatic N) is 1. The van der Waals surface area contributed by atoms with Crippen molar-refractivity contribution in [2.24, 2.45) is 5.84 Å². The highest BCUT2D eigenvalue weighted by Crippen LogP contribution is 2.42. The van der Waals surface area contributed by atoms with Gasteiger partial charge in [0, 0.05) is 6.54 Å². The van der Waals surface area contributed by atoms with Gasteiger partial charge in [0.1, 0.15) is 0 Å². The molecule has 5 heteroatoms. The molecule has 2 atom stereocenters. The first-order chi connectivity index (χ1) is 7.71.